The van der Waals surface area contributed by atoms with Gasteiger partial charge < -0.3 is 15.5 Å². The van der Waals surface area contributed by atoms with Crippen molar-refractivity contribution < 1.29 is 9.59 Å². The summed E-state index contributed by atoms with van der Waals surface area (Å²) in [6.45, 7) is 2.18. The topological polar surface area (TPSA) is 61.4 Å². The summed E-state index contributed by atoms with van der Waals surface area (Å²) < 4.78 is 0. The number of nitrogens with one attached hydrogen (secondary N) is 2. The zero-order valence-electron chi connectivity index (χ0n) is 14.3. The van der Waals surface area contributed by atoms with E-state index in [1.54, 1.807) is 0 Å². The molecule has 2 amide bonds. The molecule has 0 atom stereocenters. The van der Waals surface area contributed by atoms with Crippen LogP contribution in [0.3, 0.4) is 0 Å². The molecule has 1 aliphatic heterocycles. The van der Waals surface area contributed by atoms with Crippen molar-refractivity contribution in [1.82, 2.24) is 15.5 Å². The predicted molar refractivity (Wildman–Crippen MR) is 98.3 cm³/mol. The third kappa shape index (κ3) is 6.89. The molecular formula is C18H28ClN3O2. The molecule has 0 aliphatic carbocycles. The van der Waals surface area contributed by atoms with Gasteiger partial charge in [-0.05, 0) is 31.9 Å². The Morgan fingerprint density at radius 2 is 1.79 bits per heavy atom. The van der Waals surface area contributed by atoms with Gasteiger partial charge in [0.1, 0.15) is 0 Å². The standard InChI is InChI=1S/C18H27N3O2.ClH/c1-19-12-9-17(22)20-16-10-13-21(14-11-16)18(23)8-7-15-5-3-2-4-6-15;/h2-6,16,19H,7-14H2,1H3,(H,20,22);1H. The largest absolute Gasteiger partial charge is 0.353 e. The van der Waals surface area contributed by atoms with E-state index in [0.717, 1.165) is 32.4 Å². The first kappa shape index (κ1) is 20.5. The second-order valence-corrected chi connectivity index (χ2v) is 6.06. The van der Waals surface area contributed by atoms with E-state index in [1.807, 2.05) is 30.1 Å². The lowest BCUT2D eigenvalue weighted by Crippen LogP contribution is -2.46. The normalized spacial score (nSPS) is 14.8. The van der Waals surface area contributed by atoms with Crippen LogP contribution < -0.4 is 10.6 Å². The number of piperidine rings is 1. The van der Waals surface area contributed by atoms with Crippen LogP contribution in [0.25, 0.3) is 0 Å². The van der Waals surface area contributed by atoms with Gasteiger partial charge in [0.2, 0.25) is 11.8 Å². The van der Waals surface area contributed by atoms with Crippen molar-refractivity contribution in [2.24, 2.45) is 0 Å². The summed E-state index contributed by atoms with van der Waals surface area (Å²) in [4.78, 5) is 25.9. The maximum absolute atomic E-state index is 12.3. The van der Waals surface area contributed by atoms with Crippen LogP contribution in [-0.4, -0.2) is 49.4 Å². The third-order valence-corrected chi connectivity index (χ3v) is 4.29. The molecule has 134 valence electrons. The maximum atomic E-state index is 12.3. The Hall–Kier alpha value is -1.59. The predicted octanol–water partition coefficient (Wildman–Crippen LogP) is 1.76. The van der Waals surface area contributed by atoms with Gasteiger partial charge >= 0.3 is 0 Å². The van der Waals surface area contributed by atoms with E-state index < -0.39 is 0 Å². The lowest BCUT2D eigenvalue weighted by Gasteiger charge is -2.32. The number of nitrogens with zero attached hydrogens (tertiary/aromatic N) is 1. The van der Waals surface area contributed by atoms with Crippen molar-refractivity contribution in [1.29, 1.82) is 0 Å². The fourth-order valence-corrected chi connectivity index (χ4v) is 2.87. The number of amides is 2. The molecule has 2 N–H and O–H groups in total. The molecule has 5 nitrogen and oxygen atoms in total. The molecule has 0 unspecified atom stereocenters. The van der Waals surface area contributed by atoms with Gasteiger partial charge in [0.25, 0.3) is 0 Å². The summed E-state index contributed by atoms with van der Waals surface area (Å²) in [5.41, 5.74) is 1.20. The molecule has 1 aromatic carbocycles. The molecule has 1 fully saturated rings. The molecule has 0 saturated carbocycles. The highest BCUT2D eigenvalue weighted by Crippen LogP contribution is 2.13. The molecule has 1 aromatic rings. The quantitative estimate of drug-likeness (QED) is 0.785. The SMILES string of the molecule is CNCCC(=O)NC1CCN(C(=O)CCc2ccccc2)CC1.Cl. The van der Waals surface area contributed by atoms with Crippen molar-refractivity contribution in [3.05, 3.63) is 35.9 Å². The number of carbonyl (C=O) groups excluding carboxylic acids is 2. The number of carbonyl (C=O) groups is 2. The number of halogens is 1. The fourth-order valence-electron chi connectivity index (χ4n) is 2.87. The smallest absolute Gasteiger partial charge is 0.222 e. The summed E-state index contributed by atoms with van der Waals surface area (Å²) in [5.74, 6) is 0.307. The molecular weight excluding hydrogens is 326 g/mol. The molecule has 1 aliphatic rings. The average Bonchev–Trinajstić information content (AvgIpc) is 2.59. The van der Waals surface area contributed by atoms with Crippen LogP contribution in [0.2, 0.25) is 0 Å². The van der Waals surface area contributed by atoms with Crippen LogP contribution in [0.15, 0.2) is 30.3 Å². The zero-order chi connectivity index (χ0) is 16.5. The summed E-state index contributed by atoms with van der Waals surface area (Å²) >= 11 is 0. The van der Waals surface area contributed by atoms with Gasteiger partial charge in [-0.3, -0.25) is 9.59 Å². The summed E-state index contributed by atoms with van der Waals surface area (Å²) in [6, 6.07) is 10.3. The minimum atomic E-state index is 0. The van der Waals surface area contributed by atoms with E-state index in [-0.39, 0.29) is 30.3 Å². The lowest BCUT2D eigenvalue weighted by atomic mass is 10.0. The molecule has 6 heteroatoms. The van der Waals surface area contributed by atoms with Gasteiger partial charge in [-0.25, -0.2) is 0 Å². The highest BCUT2D eigenvalue weighted by atomic mass is 35.5. The highest BCUT2D eigenvalue weighted by molar-refractivity contribution is 5.85. The molecule has 1 heterocycles. The van der Waals surface area contributed by atoms with E-state index in [4.69, 9.17) is 0 Å². The Morgan fingerprint density at radius 3 is 2.42 bits per heavy atom. The Bertz CT molecular complexity index is 502. The maximum Gasteiger partial charge on any atom is 0.222 e. The Kier molecular flexibility index (Phi) is 9.42. The number of rotatable bonds is 7. The number of hydrogen-bond acceptors (Lipinski definition) is 3. The monoisotopic (exact) mass is 353 g/mol. The van der Waals surface area contributed by atoms with Crippen LogP contribution in [0.1, 0.15) is 31.2 Å². The van der Waals surface area contributed by atoms with Crippen molar-refractivity contribution in [3.8, 4) is 0 Å². The lowest BCUT2D eigenvalue weighted by molar-refractivity contribution is -0.132. The average molecular weight is 354 g/mol. The van der Waals surface area contributed by atoms with Crippen LogP contribution in [0.5, 0.6) is 0 Å². The van der Waals surface area contributed by atoms with E-state index in [2.05, 4.69) is 22.8 Å². The fraction of sp³-hybridized carbons (Fsp3) is 0.556. The van der Waals surface area contributed by atoms with Crippen LogP contribution in [-0.2, 0) is 16.0 Å². The van der Waals surface area contributed by atoms with Crippen LogP contribution in [0.4, 0.5) is 0 Å². The number of likely N-dealkylation sites (tertiary alicyclic amines) is 1. The van der Waals surface area contributed by atoms with E-state index in [1.165, 1.54) is 5.56 Å². The van der Waals surface area contributed by atoms with Crippen molar-refractivity contribution in [2.75, 3.05) is 26.7 Å². The number of aryl methyl sites for hydroxylation is 1. The number of hydrogen-bond donors (Lipinski definition) is 2. The van der Waals surface area contributed by atoms with Gasteiger partial charge in [0.05, 0.1) is 0 Å². The Balaban J connectivity index is 0.00000288. The van der Waals surface area contributed by atoms with Crippen LogP contribution in [0, 0.1) is 0 Å². The van der Waals surface area contributed by atoms with Crippen LogP contribution >= 0.6 is 12.4 Å². The van der Waals surface area contributed by atoms with E-state index in [0.29, 0.717) is 19.4 Å². The molecule has 1 saturated heterocycles. The molecule has 0 bridgehead atoms. The molecule has 0 spiro atoms. The Morgan fingerprint density at radius 1 is 1.12 bits per heavy atom. The minimum absolute atomic E-state index is 0. The third-order valence-electron chi connectivity index (χ3n) is 4.29. The summed E-state index contributed by atoms with van der Waals surface area (Å²) in [6.07, 6.45) is 3.56. The first-order chi connectivity index (χ1) is 11.2. The van der Waals surface area contributed by atoms with Crippen molar-refractivity contribution in [2.45, 2.75) is 38.1 Å². The minimum Gasteiger partial charge on any atom is -0.353 e. The zero-order valence-corrected chi connectivity index (χ0v) is 15.1. The van der Waals surface area contributed by atoms with Crippen molar-refractivity contribution in [3.63, 3.8) is 0 Å². The first-order valence-electron chi connectivity index (χ1n) is 8.44. The Labute approximate surface area is 150 Å². The molecule has 0 aromatic heterocycles. The van der Waals surface area contributed by atoms with Crippen molar-refractivity contribution >= 4 is 24.2 Å². The van der Waals surface area contributed by atoms with Gasteiger partial charge in [0.15, 0.2) is 0 Å². The second-order valence-electron chi connectivity index (χ2n) is 6.06. The molecule has 24 heavy (non-hydrogen) atoms. The van der Waals surface area contributed by atoms with Gasteiger partial charge in [-0.2, -0.15) is 0 Å². The van der Waals surface area contributed by atoms with Gasteiger partial charge in [-0.15, -0.1) is 12.4 Å². The van der Waals surface area contributed by atoms with Gasteiger partial charge in [0, 0.05) is 38.5 Å². The van der Waals surface area contributed by atoms with Gasteiger partial charge in [-0.1, -0.05) is 30.3 Å². The van der Waals surface area contributed by atoms with E-state index in [9.17, 15) is 9.59 Å². The highest BCUT2D eigenvalue weighted by Gasteiger charge is 2.23. The molecule has 0 radical (unpaired) electrons. The first-order valence-corrected chi connectivity index (χ1v) is 8.44. The summed E-state index contributed by atoms with van der Waals surface area (Å²) in [7, 11) is 1.84. The van der Waals surface area contributed by atoms with E-state index >= 15 is 0 Å². The number of benzene rings is 1. The molecule has 2 rings (SSSR count). The second kappa shape index (κ2) is 11.0. The summed E-state index contributed by atoms with van der Waals surface area (Å²) in [5, 5.41) is 6.03.